The minimum Gasteiger partial charge on any atom is -0.437 e. The van der Waals surface area contributed by atoms with Crippen molar-refractivity contribution in [1.82, 2.24) is 15.6 Å². The molecule has 4 aromatic rings. The van der Waals surface area contributed by atoms with Crippen molar-refractivity contribution in [3.63, 3.8) is 0 Å². The van der Waals surface area contributed by atoms with Crippen molar-refractivity contribution >= 4 is 22.9 Å². The lowest BCUT2D eigenvalue weighted by Gasteiger charge is -2.25. The number of fused-ring (bicyclic) bond motifs is 1. The molecule has 2 aromatic carbocycles. The second kappa shape index (κ2) is 11.7. The maximum absolute atomic E-state index is 13.6. The van der Waals surface area contributed by atoms with Crippen LogP contribution in [0.25, 0.3) is 33.6 Å². The Hall–Kier alpha value is -4.21. The molecule has 0 radical (unpaired) electrons. The van der Waals surface area contributed by atoms with E-state index in [9.17, 15) is 27.2 Å². The molecule has 2 aromatic heterocycles. The van der Waals surface area contributed by atoms with Gasteiger partial charge in [-0.25, -0.2) is 9.37 Å². The molecule has 2 amide bonds. The number of aryl methyl sites for hydroxylation is 1. The minimum absolute atomic E-state index is 0.0197. The van der Waals surface area contributed by atoms with E-state index in [1.54, 1.807) is 30.3 Å². The Morgan fingerprint density at radius 3 is 2.44 bits per heavy atom. The maximum Gasteiger partial charge on any atom is 0.389 e. The Bertz CT molecular complexity index is 1570. The third kappa shape index (κ3) is 6.42. The van der Waals surface area contributed by atoms with Crippen LogP contribution in [-0.4, -0.2) is 36.6 Å². The maximum atomic E-state index is 13.6. The molecule has 0 atom stereocenters. The van der Waals surface area contributed by atoms with Crippen molar-refractivity contribution in [2.45, 2.75) is 44.7 Å². The van der Waals surface area contributed by atoms with Crippen LogP contribution >= 0.6 is 0 Å². The van der Waals surface area contributed by atoms with E-state index in [1.165, 1.54) is 50.6 Å². The Morgan fingerprint density at radius 1 is 1.02 bits per heavy atom. The van der Waals surface area contributed by atoms with Gasteiger partial charge < -0.3 is 15.1 Å². The molecule has 2 heterocycles. The largest absolute Gasteiger partial charge is 0.437 e. The number of amides is 2. The highest BCUT2D eigenvalue weighted by Gasteiger charge is 2.29. The summed E-state index contributed by atoms with van der Waals surface area (Å²) in [5.74, 6) is -0.498. The van der Waals surface area contributed by atoms with Gasteiger partial charge in [0.05, 0.1) is 16.6 Å². The molecule has 41 heavy (non-hydrogen) atoms. The van der Waals surface area contributed by atoms with E-state index in [1.807, 2.05) is 0 Å². The van der Waals surface area contributed by atoms with Gasteiger partial charge in [0.25, 0.3) is 11.8 Å². The van der Waals surface area contributed by atoms with Crippen LogP contribution in [0, 0.1) is 11.7 Å². The molecule has 0 bridgehead atoms. The molecule has 1 aliphatic rings. The standard InChI is InChI=1S/C31H29F4N3O3/c1-36-29(40)26-24-17-23(20-6-3-7-21(16-20)28(39)37-15-13-18-4-2-5-18)25(12-14-31(33,34)35)38-30(24)41-27(26)19-8-10-22(32)11-9-19/h3,6-11,16-18H,2,4-5,12-15H2,1H3,(H,36,40)(H,37,39). The number of carbonyl (C=O) groups is 2. The molecule has 214 valence electrons. The highest BCUT2D eigenvalue weighted by Crippen LogP contribution is 2.37. The van der Waals surface area contributed by atoms with Gasteiger partial charge in [-0.1, -0.05) is 31.4 Å². The van der Waals surface area contributed by atoms with Crippen LogP contribution in [0.1, 0.15) is 58.5 Å². The summed E-state index contributed by atoms with van der Waals surface area (Å²) >= 11 is 0. The molecule has 2 N–H and O–H groups in total. The molecule has 1 saturated carbocycles. The van der Waals surface area contributed by atoms with Gasteiger partial charge in [-0.2, -0.15) is 13.2 Å². The summed E-state index contributed by atoms with van der Waals surface area (Å²) in [7, 11) is 1.44. The molecule has 1 fully saturated rings. The quantitative estimate of drug-likeness (QED) is 0.212. The lowest BCUT2D eigenvalue weighted by atomic mass is 9.83. The molecule has 0 unspecified atom stereocenters. The van der Waals surface area contributed by atoms with Crippen molar-refractivity contribution < 1.29 is 31.6 Å². The first-order valence-corrected chi connectivity index (χ1v) is 13.5. The number of hydrogen-bond acceptors (Lipinski definition) is 4. The van der Waals surface area contributed by atoms with Crippen LogP contribution in [0.5, 0.6) is 0 Å². The Kier molecular flexibility index (Phi) is 8.10. The van der Waals surface area contributed by atoms with Crippen LogP contribution in [0.2, 0.25) is 0 Å². The Labute approximate surface area is 234 Å². The van der Waals surface area contributed by atoms with E-state index in [2.05, 4.69) is 15.6 Å². The lowest BCUT2D eigenvalue weighted by molar-refractivity contribution is -0.134. The van der Waals surface area contributed by atoms with Crippen molar-refractivity contribution in [3.05, 3.63) is 77.2 Å². The zero-order chi connectivity index (χ0) is 29.1. The summed E-state index contributed by atoms with van der Waals surface area (Å²) in [5, 5.41) is 5.76. The topological polar surface area (TPSA) is 84.2 Å². The van der Waals surface area contributed by atoms with Gasteiger partial charge in [0.15, 0.2) is 0 Å². The van der Waals surface area contributed by atoms with Gasteiger partial charge in [-0.05, 0) is 66.8 Å². The van der Waals surface area contributed by atoms with Crippen LogP contribution in [0.15, 0.2) is 59.0 Å². The summed E-state index contributed by atoms with van der Waals surface area (Å²) in [6.45, 7) is 0.550. The van der Waals surface area contributed by atoms with Crippen molar-refractivity contribution in [2.24, 2.45) is 5.92 Å². The first-order chi connectivity index (χ1) is 19.6. The number of hydrogen-bond donors (Lipinski definition) is 2. The summed E-state index contributed by atoms with van der Waals surface area (Å²) in [6, 6.07) is 13.5. The van der Waals surface area contributed by atoms with Crippen LogP contribution in [-0.2, 0) is 6.42 Å². The molecule has 10 heteroatoms. The van der Waals surface area contributed by atoms with Gasteiger partial charge >= 0.3 is 6.18 Å². The number of benzene rings is 2. The second-order valence-corrected chi connectivity index (χ2v) is 10.3. The smallest absolute Gasteiger partial charge is 0.389 e. The van der Waals surface area contributed by atoms with Gasteiger partial charge in [0.1, 0.15) is 11.6 Å². The minimum atomic E-state index is -4.42. The number of alkyl halides is 3. The highest BCUT2D eigenvalue weighted by molar-refractivity contribution is 6.11. The third-order valence-electron chi connectivity index (χ3n) is 7.47. The number of aromatic nitrogens is 1. The average molecular weight is 568 g/mol. The number of pyridine rings is 1. The Morgan fingerprint density at radius 2 is 1.78 bits per heavy atom. The van der Waals surface area contributed by atoms with E-state index >= 15 is 0 Å². The van der Waals surface area contributed by atoms with E-state index < -0.39 is 30.7 Å². The predicted octanol–water partition coefficient (Wildman–Crippen LogP) is 7.08. The average Bonchev–Trinajstić information content (AvgIpc) is 3.30. The second-order valence-electron chi connectivity index (χ2n) is 10.3. The van der Waals surface area contributed by atoms with Gasteiger partial charge in [-0.3, -0.25) is 9.59 Å². The lowest BCUT2D eigenvalue weighted by Crippen LogP contribution is -2.27. The fourth-order valence-electron chi connectivity index (χ4n) is 5.02. The molecular formula is C31H29F4N3O3. The monoisotopic (exact) mass is 567 g/mol. The highest BCUT2D eigenvalue weighted by atomic mass is 19.4. The normalized spacial score (nSPS) is 13.7. The van der Waals surface area contributed by atoms with E-state index in [-0.39, 0.29) is 34.0 Å². The van der Waals surface area contributed by atoms with Crippen LogP contribution in [0.4, 0.5) is 17.6 Å². The van der Waals surface area contributed by atoms with Gasteiger partial charge in [0.2, 0.25) is 5.71 Å². The molecule has 1 aliphatic carbocycles. The van der Waals surface area contributed by atoms with Crippen molar-refractivity contribution in [2.75, 3.05) is 13.6 Å². The zero-order valence-corrected chi connectivity index (χ0v) is 22.4. The molecule has 0 saturated heterocycles. The van der Waals surface area contributed by atoms with Crippen molar-refractivity contribution in [1.29, 1.82) is 0 Å². The van der Waals surface area contributed by atoms with Gasteiger partial charge in [-0.15, -0.1) is 0 Å². The summed E-state index contributed by atoms with van der Waals surface area (Å²) in [6.07, 6.45) is -1.49. The SMILES string of the molecule is CNC(=O)c1c(-c2ccc(F)cc2)oc2nc(CCC(F)(F)F)c(-c3cccc(C(=O)NCCC4CCC4)c3)cc12. The number of furan rings is 1. The van der Waals surface area contributed by atoms with E-state index in [0.29, 0.717) is 34.7 Å². The number of carbonyl (C=O) groups excluding carboxylic acids is 2. The summed E-state index contributed by atoms with van der Waals surface area (Å²) < 4.78 is 59.2. The van der Waals surface area contributed by atoms with E-state index in [4.69, 9.17) is 4.42 Å². The molecule has 0 aliphatic heterocycles. The predicted molar refractivity (Wildman–Crippen MR) is 147 cm³/mol. The zero-order valence-electron chi connectivity index (χ0n) is 22.4. The third-order valence-corrected chi connectivity index (χ3v) is 7.47. The van der Waals surface area contributed by atoms with E-state index in [0.717, 1.165) is 6.42 Å². The Balaban J connectivity index is 1.58. The number of nitrogens with zero attached hydrogens (tertiary/aromatic N) is 1. The number of nitrogens with one attached hydrogen (secondary N) is 2. The molecule has 0 spiro atoms. The van der Waals surface area contributed by atoms with Crippen LogP contribution < -0.4 is 10.6 Å². The van der Waals surface area contributed by atoms with Gasteiger partial charge in [0, 0.05) is 36.7 Å². The fourth-order valence-corrected chi connectivity index (χ4v) is 5.02. The number of rotatable bonds is 9. The summed E-state index contributed by atoms with van der Waals surface area (Å²) in [5.41, 5.74) is 1.81. The fraction of sp³-hybridized carbons (Fsp3) is 0.323. The first-order valence-electron chi connectivity index (χ1n) is 13.5. The number of halogens is 4. The van der Waals surface area contributed by atoms with Crippen molar-refractivity contribution in [3.8, 4) is 22.5 Å². The van der Waals surface area contributed by atoms with Crippen LogP contribution in [0.3, 0.4) is 0 Å². The summed E-state index contributed by atoms with van der Waals surface area (Å²) in [4.78, 5) is 30.3. The molecule has 6 nitrogen and oxygen atoms in total. The molecule has 5 rings (SSSR count). The molecular weight excluding hydrogens is 538 g/mol. The first kappa shape index (κ1) is 28.3.